The Morgan fingerprint density at radius 1 is 0.960 bits per heavy atom. The first-order chi connectivity index (χ1) is 11.7. The molecule has 0 bridgehead atoms. The Morgan fingerprint density at radius 2 is 1.56 bits per heavy atom. The molecule has 0 saturated carbocycles. The van der Waals surface area contributed by atoms with Crippen LogP contribution >= 0.6 is 0 Å². The van der Waals surface area contributed by atoms with E-state index < -0.39 is 0 Å². The Labute approximate surface area is 152 Å². The molecule has 1 unspecified atom stereocenters. The van der Waals surface area contributed by atoms with E-state index in [9.17, 15) is 4.79 Å². The molecule has 2 aromatic carbocycles. The molecule has 2 rings (SSSR count). The van der Waals surface area contributed by atoms with Crippen LogP contribution in [0.25, 0.3) is 0 Å². The van der Waals surface area contributed by atoms with Crippen LogP contribution < -0.4 is 5.32 Å². The summed E-state index contributed by atoms with van der Waals surface area (Å²) in [5, 5.41) is 3.12. The quantitative estimate of drug-likeness (QED) is 0.720. The number of carbonyl (C=O) groups is 1. The summed E-state index contributed by atoms with van der Waals surface area (Å²) in [6, 6.07) is 16.5. The molecule has 0 aliphatic heterocycles. The predicted molar refractivity (Wildman–Crippen MR) is 107 cm³/mol. The molecule has 0 heterocycles. The fraction of sp³-hybridized carbons (Fsp3) is 0.435. The number of hydrogen-bond donors (Lipinski definition) is 1. The molecule has 2 aromatic rings. The standard InChI is InChI=1S/C23H31NO/c1-16(2)15-18-11-13-19(14-12-18)17(3)22(25)24-21-10-8-7-9-20(21)23(4,5)6/h7-14,16-17H,15H2,1-6H3,(H,24,25). The van der Waals surface area contributed by atoms with E-state index >= 15 is 0 Å². The van der Waals surface area contributed by atoms with Gasteiger partial charge in [-0.1, -0.05) is 77.1 Å². The van der Waals surface area contributed by atoms with Gasteiger partial charge in [0.2, 0.25) is 5.91 Å². The maximum atomic E-state index is 12.7. The van der Waals surface area contributed by atoms with Crippen LogP contribution in [0.5, 0.6) is 0 Å². The van der Waals surface area contributed by atoms with Gasteiger partial charge in [-0.2, -0.15) is 0 Å². The number of para-hydroxylation sites is 1. The minimum absolute atomic E-state index is 0.00833. The lowest BCUT2D eigenvalue weighted by Gasteiger charge is -2.24. The van der Waals surface area contributed by atoms with E-state index in [4.69, 9.17) is 0 Å². The minimum Gasteiger partial charge on any atom is -0.325 e. The molecular formula is C23H31NO. The molecule has 0 aliphatic rings. The van der Waals surface area contributed by atoms with E-state index in [0.717, 1.165) is 23.2 Å². The highest BCUT2D eigenvalue weighted by Gasteiger charge is 2.21. The number of amides is 1. The Hall–Kier alpha value is -2.09. The van der Waals surface area contributed by atoms with Gasteiger partial charge in [-0.15, -0.1) is 0 Å². The van der Waals surface area contributed by atoms with Crippen LogP contribution in [-0.2, 0) is 16.6 Å². The van der Waals surface area contributed by atoms with E-state index in [0.29, 0.717) is 5.92 Å². The molecule has 0 saturated heterocycles. The number of hydrogen-bond acceptors (Lipinski definition) is 1. The molecule has 25 heavy (non-hydrogen) atoms. The van der Waals surface area contributed by atoms with Crippen molar-refractivity contribution in [3.05, 3.63) is 65.2 Å². The summed E-state index contributed by atoms with van der Waals surface area (Å²) in [4.78, 5) is 12.7. The van der Waals surface area contributed by atoms with Gasteiger partial charge in [-0.3, -0.25) is 4.79 Å². The molecular weight excluding hydrogens is 306 g/mol. The van der Waals surface area contributed by atoms with Crippen molar-refractivity contribution in [2.75, 3.05) is 5.32 Å². The maximum Gasteiger partial charge on any atom is 0.231 e. The van der Waals surface area contributed by atoms with Gasteiger partial charge < -0.3 is 5.32 Å². The van der Waals surface area contributed by atoms with Gasteiger partial charge in [0, 0.05) is 5.69 Å². The Kier molecular flexibility index (Phi) is 6.05. The van der Waals surface area contributed by atoms with Crippen molar-refractivity contribution in [2.24, 2.45) is 5.92 Å². The Bertz CT molecular complexity index is 708. The van der Waals surface area contributed by atoms with Gasteiger partial charge in [0.15, 0.2) is 0 Å². The van der Waals surface area contributed by atoms with Crippen molar-refractivity contribution >= 4 is 11.6 Å². The molecule has 0 aliphatic carbocycles. The average molecular weight is 338 g/mol. The van der Waals surface area contributed by atoms with Gasteiger partial charge >= 0.3 is 0 Å². The normalized spacial score (nSPS) is 12.9. The van der Waals surface area contributed by atoms with Crippen LogP contribution in [0.2, 0.25) is 0 Å². The van der Waals surface area contributed by atoms with Crippen LogP contribution in [0.4, 0.5) is 5.69 Å². The van der Waals surface area contributed by atoms with Gasteiger partial charge in [-0.05, 0) is 47.4 Å². The van der Waals surface area contributed by atoms with E-state index in [1.165, 1.54) is 5.56 Å². The molecule has 1 N–H and O–H groups in total. The SMILES string of the molecule is CC(C)Cc1ccc(C(C)C(=O)Nc2ccccc2C(C)(C)C)cc1. The van der Waals surface area contributed by atoms with Crippen molar-refractivity contribution in [3.8, 4) is 0 Å². The predicted octanol–water partition coefficient (Wildman–Crippen LogP) is 5.92. The topological polar surface area (TPSA) is 29.1 Å². The van der Waals surface area contributed by atoms with E-state index in [2.05, 4.69) is 70.3 Å². The second-order valence-electron chi connectivity index (χ2n) is 8.35. The lowest BCUT2D eigenvalue weighted by Crippen LogP contribution is -2.22. The van der Waals surface area contributed by atoms with Crippen molar-refractivity contribution in [2.45, 2.75) is 59.3 Å². The Morgan fingerprint density at radius 3 is 2.12 bits per heavy atom. The summed E-state index contributed by atoms with van der Waals surface area (Å²) in [5.41, 5.74) is 4.43. The zero-order chi connectivity index (χ0) is 18.6. The molecule has 2 nitrogen and oxygen atoms in total. The maximum absolute atomic E-state index is 12.7. The van der Waals surface area contributed by atoms with E-state index in [1.54, 1.807) is 0 Å². The first kappa shape index (κ1) is 19.2. The monoisotopic (exact) mass is 337 g/mol. The average Bonchev–Trinajstić information content (AvgIpc) is 2.54. The molecule has 134 valence electrons. The smallest absolute Gasteiger partial charge is 0.231 e. The minimum atomic E-state index is -0.180. The second kappa shape index (κ2) is 7.86. The van der Waals surface area contributed by atoms with Crippen molar-refractivity contribution in [3.63, 3.8) is 0 Å². The summed E-state index contributed by atoms with van der Waals surface area (Å²) in [6.07, 6.45) is 1.07. The zero-order valence-electron chi connectivity index (χ0n) is 16.4. The highest BCUT2D eigenvalue weighted by atomic mass is 16.1. The summed E-state index contributed by atoms with van der Waals surface area (Å²) < 4.78 is 0. The highest BCUT2D eigenvalue weighted by Crippen LogP contribution is 2.30. The van der Waals surface area contributed by atoms with Crippen LogP contribution in [0.3, 0.4) is 0 Å². The molecule has 0 radical (unpaired) electrons. The van der Waals surface area contributed by atoms with Gasteiger partial charge in [0.25, 0.3) is 0 Å². The Balaban J connectivity index is 2.13. The summed E-state index contributed by atoms with van der Waals surface area (Å²) in [6.45, 7) is 12.9. The summed E-state index contributed by atoms with van der Waals surface area (Å²) >= 11 is 0. The number of benzene rings is 2. The highest BCUT2D eigenvalue weighted by molar-refractivity contribution is 5.96. The lowest BCUT2D eigenvalue weighted by atomic mass is 9.85. The first-order valence-electron chi connectivity index (χ1n) is 9.17. The molecule has 2 heteroatoms. The molecule has 1 amide bonds. The van der Waals surface area contributed by atoms with Crippen LogP contribution in [0.15, 0.2) is 48.5 Å². The van der Waals surface area contributed by atoms with Gasteiger partial charge in [-0.25, -0.2) is 0 Å². The number of rotatable bonds is 5. The van der Waals surface area contributed by atoms with E-state index in [1.807, 2.05) is 25.1 Å². The van der Waals surface area contributed by atoms with Crippen molar-refractivity contribution in [1.29, 1.82) is 0 Å². The van der Waals surface area contributed by atoms with Crippen LogP contribution in [0.1, 0.15) is 64.2 Å². The third kappa shape index (κ3) is 5.19. The summed E-state index contributed by atoms with van der Waals surface area (Å²) in [5.74, 6) is 0.495. The molecule has 0 aromatic heterocycles. The largest absolute Gasteiger partial charge is 0.325 e. The second-order valence-corrected chi connectivity index (χ2v) is 8.35. The molecule has 0 spiro atoms. The number of nitrogens with one attached hydrogen (secondary N) is 1. The van der Waals surface area contributed by atoms with E-state index in [-0.39, 0.29) is 17.2 Å². The lowest BCUT2D eigenvalue weighted by molar-refractivity contribution is -0.117. The third-order valence-corrected chi connectivity index (χ3v) is 4.51. The molecule has 1 atom stereocenters. The number of anilines is 1. The zero-order valence-corrected chi connectivity index (χ0v) is 16.4. The van der Waals surface area contributed by atoms with Crippen molar-refractivity contribution in [1.82, 2.24) is 0 Å². The first-order valence-corrected chi connectivity index (χ1v) is 9.17. The third-order valence-electron chi connectivity index (χ3n) is 4.51. The van der Waals surface area contributed by atoms with Crippen molar-refractivity contribution < 1.29 is 4.79 Å². The summed E-state index contributed by atoms with van der Waals surface area (Å²) in [7, 11) is 0. The van der Waals surface area contributed by atoms with Crippen LogP contribution in [0, 0.1) is 5.92 Å². The van der Waals surface area contributed by atoms with Crippen LogP contribution in [-0.4, -0.2) is 5.91 Å². The fourth-order valence-corrected chi connectivity index (χ4v) is 3.05. The number of carbonyl (C=O) groups excluding carboxylic acids is 1. The molecule has 0 fully saturated rings. The van der Waals surface area contributed by atoms with Gasteiger partial charge in [0.05, 0.1) is 5.92 Å². The fourth-order valence-electron chi connectivity index (χ4n) is 3.05. The van der Waals surface area contributed by atoms with Gasteiger partial charge in [0.1, 0.15) is 0 Å².